The Morgan fingerprint density at radius 3 is 2.53 bits per heavy atom. The van der Waals surface area contributed by atoms with Gasteiger partial charge in [0.2, 0.25) is 5.91 Å². The van der Waals surface area contributed by atoms with Crippen molar-refractivity contribution < 1.29 is 23.1 Å². The molecule has 2 heterocycles. The van der Waals surface area contributed by atoms with Crippen LogP contribution in [-0.4, -0.2) is 47.8 Å². The van der Waals surface area contributed by atoms with E-state index in [0.717, 1.165) is 20.9 Å². The third-order valence-electron chi connectivity index (χ3n) is 5.41. The second-order valence-corrected chi connectivity index (χ2v) is 7.47. The summed E-state index contributed by atoms with van der Waals surface area (Å²) in [4.78, 5) is 27.0. The van der Waals surface area contributed by atoms with Crippen molar-refractivity contribution in [3.63, 3.8) is 0 Å². The van der Waals surface area contributed by atoms with Crippen molar-refractivity contribution in [1.82, 2.24) is 15.1 Å². The molecule has 2 aliphatic rings. The van der Waals surface area contributed by atoms with Crippen molar-refractivity contribution in [2.24, 2.45) is 0 Å². The van der Waals surface area contributed by atoms with Crippen LogP contribution in [0.25, 0.3) is 11.1 Å². The number of rotatable bonds is 2. The summed E-state index contributed by atoms with van der Waals surface area (Å²) >= 11 is 0. The zero-order valence-corrected chi connectivity index (χ0v) is 16.2. The first-order valence-corrected chi connectivity index (χ1v) is 9.18. The van der Waals surface area contributed by atoms with Gasteiger partial charge in [0.1, 0.15) is 12.1 Å². The number of hydrogen-bond acceptors (Lipinski definition) is 5. The Hall–Kier alpha value is -3.51. The Kier molecular flexibility index (Phi) is 4.47. The lowest BCUT2D eigenvalue weighted by atomic mass is 9.89. The second kappa shape index (κ2) is 6.78. The minimum absolute atomic E-state index is 0.495. The topological polar surface area (TPSA) is 85.7 Å². The Balaban J connectivity index is 1.73. The number of nitriles is 1. The number of amides is 2. The van der Waals surface area contributed by atoms with Crippen LogP contribution >= 0.6 is 0 Å². The van der Waals surface area contributed by atoms with Gasteiger partial charge in [0, 0.05) is 7.05 Å². The van der Waals surface area contributed by atoms with Crippen molar-refractivity contribution in [2.75, 3.05) is 13.6 Å². The lowest BCUT2D eigenvalue weighted by Gasteiger charge is -2.27. The maximum absolute atomic E-state index is 14.0. The van der Waals surface area contributed by atoms with E-state index in [1.54, 1.807) is 43.3 Å². The first-order chi connectivity index (χ1) is 14.1. The van der Waals surface area contributed by atoms with Gasteiger partial charge in [0.25, 0.3) is 0 Å². The van der Waals surface area contributed by atoms with E-state index in [4.69, 9.17) is 5.26 Å². The first kappa shape index (κ1) is 19.8. The number of benzene rings is 2. The van der Waals surface area contributed by atoms with E-state index in [1.807, 2.05) is 12.1 Å². The summed E-state index contributed by atoms with van der Waals surface area (Å²) in [6, 6.07) is 16.2. The van der Waals surface area contributed by atoms with E-state index >= 15 is 0 Å². The number of halogens is 2. The first-order valence-electron chi connectivity index (χ1n) is 9.18. The predicted octanol–water partition coefficient (Wildman–Crippen LogP) is 2.83. The molecule has 2 fully saturated rings. The Bertz CT molecular complexity index is 1080. The summed E-state index contributed by atoms with van der Waals surface area (Å²) in [5.41, 5.74) is 1.25. The molecule has 0 radical (unpaired) electrons. The molecule has 0 saturated carbocycles. The molecule has 1 N–H and O–H groups in total. The number of fused-ring (bicyclic) bond motifs is 1. The van der Waals surface area contributed by atoms with Gasteiger partial charge in [0.15, 0.2) is 6.29 Å². The summed E-state index contributed by atoms with van der Waals surface area (Å²) < 4.78 is 32.1. The molecule has 2 aliphatic heterocycles. The van der Waals surface area contributed by atoms with Gasteiger partial charge in [-0.25, -0.2) is 4.79 Å². The van der Waals surface area contributed by atoms with E-state index in [9.17, 15) is 18.4 Å². The summed E-state index contributed by atoms with van der Waals surface area (Å²) in [5.74, 6) is -0.597. The fourth-order valence-electron chi connectivity index (χ4n) is 3.78. The number of nitrogens with zero attached hydrogens (tertiary/aromatic N) is 3. The van der Waals surface area contributed by atoms with Gasteiger partial charge in [0.05, 0.1) is 11.6 Å². The number of ether oxygens (including phenoxy) is 1. The largest absolute Gasteiger partial charge is 0.419 e. The van der Waals surface area contributed by atoms with E-state index in [1.165, 1.54) is 7.05 Å². The van der Waals surface area contributed by atoms with Crippen LogP contribution in [0.3, 0.4) is 0 Å². The fourth-order valence-corrected chi connectivity index (χ4v) is 3.78. The molecule has 2 aromatic carbocycles. The molecule has 2 unspecified atom stereocenters. The summed E-state index contributed by atoms with van der Waals surface area (Å²) in [6.07, 6.45) is -6.09. The van der Waals surface area contributed by atoms with Gasteiger partial charge >= 0.3 is 12.2 Å². The monoisotopic (exact) mass is 412 g/mol. The molecule has 2 aromatic rings. The molecular formula is C21H18F2N4O3. The van der Waals surface area contributed by atoms with Crippen LogP contribution in [-0.2, 0) is 15.1 Å². The molecule has 0 aromatic heterocycles. The minimum Gasteiger partial charge on any atom is -0.382 e. The van der Waals surface area contributed by atoms with Crippen molar-refractivity contribution >= 4 is 12.0 Å². The maximum atomic E-state index is 14.0. The predicted molar refractivity (Wildman–Crippen MR) is 102 cm³/mol. The lowest BCUT2D eigenvalue weighted by Crippen LogP contribution is -2.51. The van der Waals surface area contributed by atoms with Gasteiger partial charge in [-0.15, -0.1) is 0 Å². The molecule has 2 saturated heterocycles. The zero-order valence-electron chi connectivity index (χ0n) is 16.2. The molecule has 154 valence electrons. The van der Waals surface area contributed by atoms with E-state index in [0.29, 0.717) is 11.1 Å². The molecule has 0 spiro atoms. The average Bonchev–Trinajstić information content (AvgIpc) is 2.93. The SMILES string of the molecule is CN1C(=O)OC(F)(F)CN2C(=O)C(C)(c3cccc(-c4cccc(C#N)c4)c3)NC12. The molecular weight excluding hydrogens is 394 g/mol. The maximum Gasteiger partial charge on any atom is 0.419 e. The van der Waals surface area contributed by atoms with Gasteiger partial charge in [-0.05, 0) is 41.8 Å². The lowest BCUT2D eigenvalue weighted by molar-refractivity contribution is -0.203. The molecule has 2 atom stereocenters. The van der Waals surface area contributed by atoms with Gasteiger partial charge in [-0.3, -0.25) is 19.9 Å². The molecule has 0 aliphatic carbocycles. The zero-order chi connectivity index (χ0) is 21.7. The fraction of sp³-hybridized carbons (Fsp3) is 0.286. The molecule has 7 nitrogen and oxygen atoms in total. The van der Waals surface area contributed by atoms with E-state index in [2.05, 4.69) is 16.1 Å². The molecule has 9 heteroatoms. The third-order valence-corrected chi connectivity index (χ3v) is 5.41. The van der Waals surface area contributed by atoms with Crippen LogP contribution in [0.15, 0.2) is 48.5 Å². The molecule has 4 rings (SSSR count). The number of alkyl halides is 2. The van der Waals surface area contributed by atoms with Crippen LogP contribution in [0.1, 0.15) is 18.1 Å². The third kappa shape index (κ3) is 3.15. The number of hydrogen-bond donors (Lipinski definition) is 1. The Morgan fingerprint density at radius 1 is 1.17 bits per heavy atom. The molecule has 30 heavy (non-hydrogen) atoms. The summed E-state index contributed by atoms with van der Waals surface area (Å²) in [6.45, 7) is 0.547. The van der Waals surface area contributed by atoms with Gasteiger partial charge in [-0.2, -0.15) is 14.0 Å². The van der Waals surface area contributed by atoms with Crippen LogP contribution < -0.4 is 5.32 Å². The van der Waals surface area contributed by atoms with E-state index in [-0.39, 0.29) is 0 Å². The highest BCUT2D eigenvalue weighted by atomic mass is 19.3. The van der Waals surface area contributed by atoms with Crippen LogP contribution in [0, 0.1) is 11.3 Å². The minimum atomic E-state index is -3.79. The second-order valence-electron chi connectivity index (χ2n) is 7.47. The normalized spacial score (nSPS) is 25.4. The number of nitrogens with one attached hydrogen (secondary N) is 1. The smallest absolute Gasteiger partial charge is 0.382 e. The number of carbonyl (C=O) groups excluding carboxylic acids is 2. The number of carbonyl (C=O) groups is 2. The van der Waals surface area contributed by atoms with Crippen molar-refractivity contribution in [3.8, 4) is 17.2 Å². The molecule has 0 bridgehead atoms. The Morgan fingerprint density at radius 2 is 1.83 bits per heavy atom. The van der Waals surface area contributed by atoms with Crippen molar-refractivity contribution in [1.29, 1.82) is 5.26 Å². The van der Waals surface area contributed by atoms with Crippen LogP contribution in [0.2, 0.25) is 0 Å². The quantitative estimate of drug-likeness (QED) is 0.820. The average molecular weight is 412 g/mol. The van der Waals surface area contributed by atoms with Crippen molar-refractivity contribution in [2.45, 2.75) is 24.9 Å². The van der Waals surface area contributed by atoms with E-state index < -0.39 is 36.5 Å². The summed E-state index contributed by atoms with van der Waals surface area (Å²) in [5, 5.41) is 12.1. The van der Waals surface area contributed by atoms with Gasteiger partial charge < -0.3 is 4.74 Å². The highest BCUT2D eigenvalue weighted by Crippen LogP contribution is 2.37. The molecule has 2 amide bonds. The highest BCUT2D eigenvalue weighted by Gasteiger charge is 2.57. The Labute approximate surface area is 171 Å². The standard InChI is InChI=1S/C21H18F2N4O3/c1-20(16-8-4-7-15(10-16)14-6-3-5-13(9-14)11-24)17(28)27-12-21(22,23)30-19(29)26(2)18(27)25-20/h3-10,18,25H,12H2,1-2H3. The van der Waals surface area contributed by atoms with Gasteiger partial charge in [-0.1, -0.05) is 30.3 Å². The van der Waals surface area contributed by atoms with Crippen LogP contribution in [0.5, 0.6) is 0 Å². The van der Waals surface area contributed by atoms with Crippen LogP contribution in [0.4, 0.5) is 13.6 Å². The number of cyclic esters (lactones) is 1. The summed E-state index contributed by atoms with van der Waals surface area (Å²) in [7, 11) is 1.29. The highest BCUT2D eigenvalue weighted by molar-refractivity contribution is 5.91. The van der Waals surface area contributed by atoms with Crippen molar-refractivity contribution in [3.05, 3.63) is 59.7 Å².